The topological polar surface area (TPSA) is 0 Å². The van der Waals surface area contributed by atoms with Gasteiger partial charge in [-0.15, -0.1) is 0 Å². The lowest BCUT2D eigenvalue weighted by Gasteiger charge is -1.93. The molecule has 44 valence electrons. The Morgan fingerprint density at radius 1 is 0.857 bits per heavy atom. The number of hydrogen-bond acceptors (Lipinski definition) is 0. The standard InChI is InChI=1S/CH4Cl4Si2/c2-6(3)1-7(4)5/h6-7H,1H2. The molecule has 0 aliphatic heterocycles. The van der Waals surface area contributed by atoms with Crippen molar-refractivity contribution in [1.29, 1.82) is 0 Å². The molecule has 0 heterocycles. The van der Waals surface area contributed by atoms with E-state index in [0.717, 1.165) is 0 Å². The van der Waals surface area contributed by atoms with Crippen molar-refractivity contribution in [3.8, 4) is 0 Å². The molecule has 0 radical (unpaired) electrons. The van der Waals surface area contributed by atoms with Crippen molar-refractivity contribution in [2.45, 2.75) is 5.67 Å². The van der Waals surface area contributed by atoms with Crippen LogP contribution in [0.25, 0.3) is 0 Å². The first-order valence-corrected chi connectivity index (χ1v) is 10.3. The van der Waals surface area contributed by atoms with Gasteiger partial charge in [0.25, 0.3) is 0 Å². The van der Waals surface area contributed by atoms with E-state index < -0.39 is 14.8 Å². The second kappa shape index (κ2) is 4.47. The summed E-state index contributed by atoms with van der Waals surface area (Å²) in [5.41, 5.74) is 0.701. The van der Waals surface area contributed by atoms with Gasteiger partial charge in [-0.05, 0) is 5.67 Å². The fraction of sp³-hybridized carbons (Fsp3) is 1.00. The molecule has 0 saturated carbocycles. The summed E-state index contributed by atoms with van der Waals surface area (Å²) in [7, 11) is -2.97. The third-order valence-corrected chi connectivity index (χ3v) is 9.62. The van der Waals surface area contributed by atoms with Gasteiger partial charge in [-0.25, -0.2) is 0 Å². The van der Waals surface area contributed by atoms with Crippen molar-refractivity contribution in [3.63, 3.8) is 0 Å². The zero-order valence-corrected chi connectivity index (χ0v) is 8.71. The Morgan fingerprint density at radius 3 is 1.14 bits per heavy atom. The lowest BCUT2D eigenvalue weighted by molar-refractivity contribution is 2.06. The minimum absolute atomic E-state index is 0.701. The van der Waals surface area contributed by atoms with Crippen LogP contribution in [-0.4, -0.2) is 14.8 Å². The molecule has 0 atom stereocenters. The second-order valence-corrected chi connectivity index (χ2v) is 12.1. The summed E-state index contributed by atoms with van der Waals surface area (Å²) >= 11 is 21.8. The predicted octanol–water partition coefficient (Wildman–Crippen LogP) is 1.92. The average Bonchev–Trinajstić information content (AvgIpc) is 1.27. The molecule has 0 aromatic rings. The zero-order valence-electron chi connectivity index (χ0n) is 3.37. The van der Waals surface area contributed by atoms with Gasteiger partial charge in [-0.1, -0.05) is 0 Å². The van der Waals surface area contributed by atoms with E-state index in [1.807, 2.05) is 0 Å². The van der Waals surface area contributed by atoms with Crippen molar-refractivity contribution < 1.29 is 0 Å². The van der Waals surface area contributed by atoms with Crippen LogP contribution in [0.3, 0.4) is 0 Å². The third-order valence-electron chi connectivity index (χ3n) is 0.356. The highest BCUT2D eigenvalue weighted by molar-refractivity contribution is 7.44. The van der Waals surface area contributed by atoms with E-state index in [1.54, 1.807) is 0 Å². The van der Waals surface area contributed by atoms with Crippen molar-refractivity contribution in [2.24, 2.45) is 0 Å². The van der Waals surface area contributed by atoms with Crippen LogP contribution >= 0.6 is 44.3 Å². The molecule has 0 aliphatic rings. The second-order valence-electron chi connectivity index (χ2n) is 1.02. The summed E-state index contributed by atoms with van der Waals surface area (Å²) < 4.78 is 0. The van der Waals surface area contributed by atoms with Crippen LogP contribution in [0.15, 0.2) is 0 Å². The number of rotatable bonds is 2. The fourth-order valence-electron chi connectivity index (χ4n) is 0.135. The summed E-state index contributed by atoms with van der Waals surface area (Å²) in [4.78, 5) is 0. The van der Waals surface area contributed by atoms with E-state index in [0.29, 0.717) is 5.67 Å². The smallest absolute Gasteiger partial charge is 0.151 e. The fourth-order valence-corrected chi connectivity index (χ4v) is 10.9. The minimum atomic E-state index is -1.49. The van der Waals surface area contributed by atoms with Gasteiger partial charge in [0.1, 0.15) is 0 Å². The van der Waals surface area contributed by atoms with Crippen LogP contribution in [0.1, 0.15) is 0 Å². The lowest BCUT2D eigenvalue weighted by atomic mass is 11.9. The SMILES string of the molecule is Cl[SiH](Cl)C[SiH](Cl)Cl. The maximum absolute atomic E-state index is 5.44. The van der Waals surface area contributed by atoms with E-state index in [9.17, 15) is 0 Å². The summed E-state index contributed by atoms with van der Waals surface area (Å²) in [6.07, 6.45) is 0. The lowest BCUT2D eigenvalue weighted by Crippen LogP contribution is -2.02. The predicted molar refractivity (Wildman–Crippen MR) is 42.5 cm³/mol. The normalized spacial score (nSPS) is 11.1. The van der Waals surface area contributed by atoms with Crippen molar-refractivity contribution in [2.75, 3.05) is 0 Å². The molecule has 0 aromatic carbocycles. The Balaban J connectivity index is 2.95. The van der Waals surface area contributed by atoms with Crippen molar-refractivity contribution in [1.82, 2.24) is 0 Å². The number of halogens is 4. The van der Waals surface area contributed by atoms with Gasteiger partial charge in [-0.2, -0.15) is 44.3 Å². The summed E-state index contributed by atoms with van der Waals surface area (Å²) in [5.74, 6) is 0. The first-order chi connectivity index (χ1) is 3.13. The Bertz CT molecular complexity index is 39.0. The van der Waals surface area contributed by atoms with Crippen molar-refractivity contribution >= 4 is 59.1 Å². The van der Waals surface area contributed by atoms with Gasteiger partial charge in [-0.3, -0.25) is 0 Å². The molecule has 0 saturated heterocycles. The van der Waals surface area contributed by atoms with Crippen LogP contribution in [0, 0.1) is 0 Å². The molecule has 7 heavy (non-hydrogen) atoms. The minimum Gasteiger partial charge on any atom is -0.151 e. The van der Waals surface area contributed by atoms with E-state index in [-0.39, 0.29) is 0 Å². The Kier molecular flexibility index (Phi) is 5.49. The highest BCUT2D eigenvalue weighted by Crippen LogP contribution is 2.10. The first kappa shape index (κ1) is 8.59. The van der Waals surface area contributed by atoms with Gasteiger partial charge in [0.05, 0.1) is 0 Å². The number of hydrogen-bond donors (Lipinski definition) is 0. The van der Waals surface area contributed by atoms with Gasteiger partial charge >= 0.3 is 0 Å². The molecule has 6 heteroatoms. The summed E-state index contributed by atoms with van der Waals surface area (Å²) in [5, 5.41) is 0. The summed E-state index contributed by atoms with van der Waals surface area (Å²) in [6, 6.07) is 0. The van der Waals surface area contributed by atoms with E-state index in [2.05, 4.69) is 0 Å². The first-order valence-electron chi connectivity index (χ1n) is 1.69. The quantitative estimate of drug-likeness (QED) is 0.486. The van der Waals surface area contributed by atoms with E-state index in [4.69, 9.17) is 44.3 Å². The van der Waals surface area contributed by atoms with Crippen LogP contribution in [0.5, 0.6) is 0 Å². The molecule has 0 fully saturated rings. The van der Waals surface area contributed by atoms with Gasteiger partial charge < -0.3 is 0 Å². The van der Waals surface area contributed by atoms with Crippen LogP contribution in [-0.2, 0) is 0 Å². The van der Waals surface area contributed by atoms with Crippen LogP contribution < -0.4 is 0 Å². The Morgan fingerprint density at radius 2 is 1.14 bits per heavy atom. The van der Waals surface area contributed by atoms with Gasteiger partial charge in [0.2, 0.25) is 14.8 Å². The largest absolute Gasteiger partial charge is 0.236 e. The average molecular weight is 214 g/mol. The molecule has 0 bridgehead atoms. The van der Waals surface area contributed by atoms with E-state index in [1.165, 1.54) is 0 Å². The summed E-state index contributed by atoms with van der Waals surface area (Å²) in [6.45, 7) is 0. The van der Waals surface area contributed by atoms with Crippen molar-refractivity contribution in [3.05, 3.63) is 0 Å². The molecular weight excluding hydrogens is 210 g/mol. The van der Waals surface area contributed by atoms with Gasteiger partial charge in [0.15, 0.2) is 0 Å². The maximum Gasteiger partial charge on any atom is 0.236 e. The van der Waals surface area contributed by atoms with Crippen LogP contribution in [0.2, 0.25) is 5.67 Å². The molecule has 0 rings (SSSR count). The molecule has 0 spiro atoms. The van der Waals surface area contributed by atoms with Gasteiger partial charge in [0, 0.05) is 0 Å². The monoisotopic (exact) mass is 212 g/mol. The third kappa shape index (κ3) is 7.59. The maximum atomic E-state index is 5.44. The molecule has 0 aliphatic carbocycles. The highest BCUT2D eigenvalue weighted by atomic mass is 35.7. The molecule has 0 unspecified atom stereocenters. The molecule has 0 amide bonds. The Hall–Kier alpha value is 1.59. The zero-order chi connectivity index (χ0) is 5.86. The molecule has 0 nitrogen and oxygen atoms in total. The molecule has 0 N–H and O–H groups in total. The molecular formula is CH4Cl4Si2. The molecule has 0 aromatic heterocycles. The van der Waals surface area contributed by atoms with Crippen LogP contribution in [0.4, 0.5) is 0 Å². The Labute approximate surface area is 64.7 Å². The van der Waals surface area contributed by atoms with E-state index >= 15 is 0 Å². The highest BCUT2D eigenvalue weighted by Gasteiger charge is 2.09.